The molecule has 1 atom stereocenters. The number of anilines is 1. The lowest BCUT2D eigenvalue weighted by atomic mass is 10.1. The first-order valence-corrected chi connectivity index (χ1v) is 5.99. The first-order valence-electron chi connectivity index (χ1n) is 5.99. The Bertz CT molecular complexity index is 660. The lowest BCUT2D eigenvalue weighted by Gasteiger charge is -2.23. The van der Waals surface area contributed by atoms with E-state index in [9.17, 15) is 17.6 Å². The molecule has 6 heteroatoms. The quantitative estimate of drug-likeness (QED) is 0.851. The molecule has 0 aromatic heterocycles. The van der Waals surface area contributed by atoms with Gasteiger partial charge < -0.3 is 5.32 Å². The van der Waals surface area contributed by atoms with Crippen LogP contribution in [0.25, 0.3) is 0 Å². The second-order valence-electron chi connectivity index (χ2n) is 4.33. The normalized spacial score (nSPS) is 12.5. The maximum absolute atomic E-state index is 13.2. The zero-order valence-electron chi connectivity index (χ0n) is 10.7. The van der Waals surface area contributed by atoms with E-state index in [4.69, 9.17) is 5.26 Å². The minimum Gasteiger partial charge on any atom is -0.369 e. The summed E-state index contributed by atoms with van der Waals surface area (Å²) in [4.78, 5) is 0. The molecular weight excluding hydrogens is 284 g/mol. The molecule has 1 unspecified atom stereocenters. The van der Waals surface area contributed by atoms with Crippen LogP contribution in [-0.4, -0.2) is 6.18 Å². The van der Waals surface area contributed by atoms with Crippen molar-refractivity contribution in [3.8, 4) is 6.07 Å². The van der Waals surface area contributed by atoms with Gasteiger partial charge in [-0.1, -0.05) is 30.3 Å². The summed E-state index contributed by atoms with van der Waals surface area (Å²) in [7, 11) is 0. The number of hydrogen-bond acceptors (Lipinski definition) is 2. The van der Waals surface area contributed by atoms with Crippen LogP contribution in [0.2, 0.25) is 0 Å². The minimum absolute atomic E-state index is 0.0122. The number of nitrogens with zero attached hydrogens (tertiary/aromatic N) is 1. The SMILES string of the molecule is N#Cc1cc(F)ccc1NC(c1ccccc1)C(F)(F)F. The summed E-state index contributed by atoms with van der Waals surface area (Å²) in [6.07, 6.45) is -4.55. The largest absolute Gasteiger partial charge is 0.412 e. The molecule has 0 fully saturated rings. The highest BCUT2D eigenvalue weighted by Gasteiger charge is 2.41. The van der Waals surface area contributed by atoms with Crippen LogP contribution in [0.15, 0.2) is 48.5 Å². The van der Waals surface area contributed by atoms with Gasteiger partial charge in [-0.2, -0.15) is 18.4 Å². The van der Waals surface area contributed by atoms with E-state index in [1.807, 2.05) is 0 Å². The van der Waals surface area contributed by atoms with Gasteiger partial charge in [-0.25, -0.2) is 4.39 Å². The van der Waals surface area contributed by atoms with E-state index in [1.165, 1.54) is 24.3 Å². The first-order chi connectivity index (χ1) is 9.91. The Labute approximate surface area is 118 Å². The van der Waals surface area contributed by atoms with Crippen molar-refractivity contribution >= 4 is 5.69 Å². The third-order valence-electron chi connectivity index (χ3n) is 2.86. The molecule has 2 aromatic carbocycles. The predicted molar refractivity (Wildman–Crippen MR) is 70.0 cm³/mol. The Morgan fingerprint density at radius 2 is 1.71 bits per heavy atom. The standard InChI is InChI=1S/C15H10F4N2/c16-12-6-7-13(11(8-12)9-20)21-14(15(17,18)19)10-4-2-1-3-5-10/h1-8,14,21H. The topological polar surface area (TPSA) is 35.8 Å². The Morgan fingerprint density at radius 3 is 2.29 bits per heavy atom. The van der Waals surface area contributed by atoms with Crippen molar-refractivity contribution < 1.29 is 17.6 Å². The van der Waals surface area contributed by atoms with Gasteiger partial charge in [0.1, 0.15) is 17.9 Å². The summed E-state index contributed by atoms with van der Waals surface area (Å²) < 4.78 is 52.6. The molecule has 0 amide bonds. The van der Waals surface area contributed by atoms with E-state index >= 15 is 0 Å². The molecular formula is C15H10F4N2. The molecule has 0 radical (unpaired) electrons. The average Bonchev–Trinajstić information content (AvgIpc) is 2.45. The van der Waals surface area contributed by atoms with Gasteiger partial charge in [0.25, 0.3) is 0 Å². The van der Waals surface area contributed by atoms with Crippen LogP contribution < -0.4 is 5.32 Å². The number of rotatable bonds is 3. The second kappa shape index (κ2) is 5.83. The van der Waals surface area contributed by atoms with Crippen LogP contribution in [0.1, 0.15) is 17.2 Å². The van der Waals surface area contributed by atoms with Crippen LogP contribution in [0.3, 0.4) is 0 Å². The molecule has 0 bridgehead atoms. The van der Waals surface area contributed by atoms with Crippen molar-refractivity contribution in [2.45, 2.75) is 12.2 Å². The molecule has 1 N–H and O–H groups in total. The monoisotopic (exact) mass is 294 g/mol. The van der Waals surface area contributed by atoms with Crippen LogP contribution in [0.4, 0.5) is 23.2 Å². The van der Waals surface area contributed by atoms with E-state index in [2.05, 4.69) is 5.32 Å². The van der Waals surface area contributed by atoms with Gasteiger partial charge in [-0.05, 0) is 23.8 Å². The number of benzene rings is 2. The molecule has 0 aliphatic rings. The highest BCUT2D eigenvalue weighted by Crippen LogP contribution is 2.36. The van der Waals surface area contributed by atoms with Crippen LogP contribution in [-0.2, 0) is 0 Å². The van der Waals surface area contributed by atoms with Crippen molar-refractivity contribution in [1.29, 1.82) is 5.26 Å². The van der Waals surface area contributed by atoms with Crippen LogP contribution in [0, 0.1) is 17.1 Å². The Kier molecular flexibility index (Phi) is 4.13. The Balaban J connectivity index is 2.40. The van der Waals surface area contributed by atoms with E-state index in [1.54, 1.807) is 12.1 Å². The maximum atomic E-state index is 13.2. The summed E-state index contributed by atoms with van der Waals surface area (Å²) in [6.45, 7) is 0. The molecule has 0 aliphatic carbocycles. The summed E-state index contributed by atoms with van der Waals surface area (Å²) in [5.74, 6) is -0.680. The summed E-state index contributed by atoms with van der Waals surface area (Å²) in [5.41, 5.74) is -0.233. The summed E-state index contributed by atoms with van der Waals surface area (Å²) in [5, 5.41) is 11.2. The third-order valence-corrected chi connectivity index (χ3v) is 2.86. The van der Waals surface area contributed by atoms with Crippen molar-refractivity contribution in [3.05, 3.63) is 65.5 Å². The summed E-state index contributed by atoms with van der Waals surface area (Å²) in [6, 6.07) is 9.97. The summed E-state index contributed by atoms with van der Waals surface area (Å²) >= 11 is 0. The smallest absolute Gasteiger partial charge is 0.369 e. The lowest BCUT2D eigenvalue weighted by Crippen LogP contribution is -2.28. The van der Waals surface area contributed by atoms with Crippen LogP contribution in [0.5, 0.6) is 0 Å². The molecule has 2 nitrogen and oxygen atoms in total. The number of halogens is 4. The fraction of sp³-hybridized carbons (Fsp3) is 0.133. The minimum atomic E-state index is -4.55. The zero-order valence-corrected chi connectivity index (χ0v) is 10.7. The van der Waals surface area contributed by atoms with E-state index in [0.29, 0.717) is 0 Å². The molecule has 0 heterocycles. The molecule has 21 heavy (non-hydrogen) atoms. The second-order valence-corrected chi connectivity index (χ2v) is 4.33. The molecule has 0 saturated heterocycles. The van der Waals surface area contributed by atoms with E-state index < -0.39 is 18.0 Å². The van der Waals surface area contributed by atoms with Crippen LogP contribution >= 0.6 is 0 Å². The van der Waals surface area contributed by atoms with Gasteiger partial charge in [0.05, 0.1) is 11.3 Å². The van der Waals surface area contributed by atoms with Gasteiger partial charge in [-0.3, -0.25) is 0 Å². The van der Waals surface area contributed by atoms with Crippen molar-refractivity contribution in [2.24, 2.45) is 0 Å². The third kappa shape index (κ3) is 3.51. The molecule has 108 valence electrons. The Morgan fingerprint density at radius 1 is 1.05 bits per heavy atom. The maximum Gasteiger partial charge on any atom is 0.412 e. The number of nitrogens with one attached hydrogen (secondary N) is 1. The van der Waals surface area contributed by atoms with Gasteiger partial charge in [0.15, 0.2) is 0 Å². The van der Waals surface area contributed by atoms with Gasteiger partial charge in [0.2, 0.25) is 0 Å². The van der Waals surface area contributed by atoms with Crippen molar-refractivity contribution in [1.82, 2.24) is 0 Å². The number of hydrogen-bond donors (Lipinski definition) is 1. The average molecular weight is 294 g/mol. The Hall–Kier alpha value is -2.55. The number of nitriles is 1. The lowest BCUT2D eigenvalue weighted by molar-refractivity contribution is -0.144. The van der Waals surface area contributed by atoms with E-state index in [0.717, 1.165) is 18.2 Å². The number of alkyl halides is 3. The fourth-order valence-corrected chi connectivity index (χ4v) is 1.89. The van der Waals surface area contributed by atoms with Crippen molar-refractivity contribution in [3.63, 3.8) is 0 Å². The predicted octanol–water partition coefficient (Wildman–Crippen LogP) is 4.41. The highest BCUT2D eigenvalue weighted by atomic mass is 19.4. The molecule has 2 rings (SSSR count). The van der Waals surface area contributed by atoms with Gasteiger partial charge >= 0.3 is 6.18 Å². The fourth-order valence-electron chi connectivity index (χ4n) is 1.89. The van der Waals surface area contributed by atoms with Gasteiger partial charge in [0, 0.05) is 0 Å². The molecule has 0 spiro atoms. The molecule has 0 aliphatic heterocycles. The van der Waals surface area contributed by atoms with E-state index in [-0.39, 0.29) is 16.8 Å². The van der Waals surface area contributed by atoms with Crippen molar-refractivity contribution in [2.75, 3.05) is 5.32 Å². The first kappa shape index (κ1) is 14.9. The zero-order chi connectivity index (χ0) is 15.5. The van der Waals surface area contributed by atoms with Gasteiger partial charge in [-0.15, -0.1) is 0 Å². The highest BCUT2D eigenvalue weighted by molar-refractivity contribution is 5.58. The molecule has 2 aromatic rings. The molecule has 0 saturated carbocycles.